The third-order valence-electron chi connectivity index (χ3n) is 3.11. The highest BCUT2D eigenvalue weighted by Gasteiger charge is 2.28. The predicted molar refractivity (Wildman–Crippen MR) is 68.8 cm³/mol. The number of nitrogens with one attached hydrogen (secondary N) is 1. The minimum atomic E-state index is 0.107. The molecule has 1 atom stereocenters. The van der Waals surface area contributed by atoms with Crippen LogP contribution in [0.25, 0.3) is 0 Å². The van der Waals surface area contributed by atoms with Crippen LogP contribution in [-0.2, 0) is 0 Å². The monoisotopic (exact) mass is 254 g/mol. The summed E-state index contributed by atoms with van der Waals surface area (Å²) < 4.78 is 5.19. The number of nitrogens with zero attached hydrogens (tertiary/aromatic N) is 1. The second-order valence-electron chi connectivity index (χ2n) is 4.28. The van der Waals surface area contributed by atoms with Crippen LogP contribution in [0.3, 0.4) is 0 Å². The second kappa shape index (κ2) is 5.51. The van der Waals surface area contributed by atoms with Crippen molar-refractivity contribution < 1.29 is 9.53 Å². The molecule has 2 heterocycles. The van der Waals surface area contributed by atoms with Crippen LogP contribution in [0.2, 0.25) is 0 Å². The van der Waals surface area contributed by atoms with Gasteiger partial charge in [-0.2, -0.15) is 0 Å². The number of thiophene rings is 1. The normalized spacial score (nSPS) is 19.6. The Bertz CT molecular complexity index is 392. The molecule has 1 aliphatic heterocycles. The number of likely N-dealkylation sites (tertiary alicyclic amines) is 1. The highest BCUT2D eigenvalue weighted by atomic mass is 32.1. The first-order chi connectivity index (χ1) is 8.26. The zero-order chi connectivity index (χ0) is 12.3. The summed E-state index contributed by atoms with van der Waals surface area (Å²) >= 11 is 1.45. The molecule has 5 heteroatoms. The third-order valence-corrected chi connectivity index (χ3v) is 3.99. The van der Waals surface area contributed by atoms with Gasteiger partial charge in [-0.1, -0.05) is 0 Å². The van der Waals surface area contributed by atoms with Crippen LogP contribution in [-0.4, -0.2) is 44.6 Å². The summed E-state index contributed by atoms with van der Waals surface area (Å²) in [5.41, 5.74) is 0. The van der Waals surface area contributed by atoms with Gasteiger partial charge >= 0.3 is 0 Å². The summed E-state index contributed by atoms with van der Waals surface area (Å²) in [5.74, 6) is 1.38. The van der Waals surface area contributed by atoms with Gasteiger partial charge in [0, 0.05) is 13.1 Å². The van der Waals surface area contributed by atoms with E-state index < -0.39 is 0 Å². The van der Waals surface area contributed by atoms with Gasteiger partial charge in [-0.15, -0.1) is 11.3 Å². The van der Waals surface area contributed by atoms with Crippen LogP contribution in [0, 0.1) is 5.92 Å². The molecule has 1 aromatic rings. The van der Waals surface area contributed by atoms with Crippen LogP contribution in [0.1, 0.15) is 16.1 Å². The number of ether oxygens (including phenoxy) is 1. The largest absolute Gasteiger partial charge is 0.495 e. The van der Waals surface area contributed by atoms with Gasteiger partial charge in [0.05, 0.1) is 7.11 Å². The van der Waals surface area contributed by atoms with Crippen LogP contribution in [0.15, 0.2) is 11.4 Å². The molecule has 1 N–H and O–H groups in total. The van der Waals surface area contributed by atoms with Gasteiger partial charge in [0.15, 0.2) is 0 Å². The molecular weight excluding hydrogens is 236 g/mol. The zero-order valence-corrected chi connectivity index (χ0v) is 11.0. The highest BCUT2D eigenvalue weighted by Crippen LogP contribution is 2.28. The summed E-state index contributed by atoms with van der Waals surface area (Å²) in [4.78, 5) is 14.9. The molecule has 1 saturated heterocycles. The van der Waals surface area contributed by atoms with Gasteiger partial charge in [0.1, 0.15) is 10.6 Å². The maximum absolute atomic E-state index is 12.3. The third kappa shape index (κ3) is 2.61. The van der Waals surface area contributed by atoms with Crippen molar-refractivity contribution >= 4 is 17.2 Å². The smallest absolute Gasteiger partial charge is 0.267 e. The second-order valence-corrected chi connectivity index (χ2v) is 5.20. The molecule has 0 aliphatic carbocycles. The van der Waals surface area contributed by atoms with E-state index in [0.29, 0.717) is 11.7 Å². The zero-order valence-electron chi connectivity index (χ0n) is 10.2. The maximum Gasteiger partial charge on any atom is 0.267 e. The Morgan fingerprint density at radius 1 is 1.71 bits per heavy atom. The van der Waals surface area contributed by atoms with Crippen molar-refractivity contribution in [1.82, 2.24) is 10.2 Å². The molecule has 4 nitrogen and oxygen atoms in total. The van der Waals surface area contributed by atoms with Crippen molar-refractivity contribution in [3.8, 4) is 5.75 Å². The lowest BCUT2D eigenvalue weighted by molar-refractivity contribution is 0.0789. The molecule has 1 unspecified atom stereocenters. The van der Waals surface area contributed by atoms with E-state index in [1.54, 1.807) is 7.11 Å². The Hall–Kier alpha value is -1.07. The molecule has 0 aromatic carbocycles. The van der Waals surface area contributed by atoms with Crippen LogP contribution < -0.4 is 10.1 Å². The van der Waals surface area contributed by atoms with E-state index in [2.05, 4.69) is 5.32 Å². The number of hydrogen-bond donors (Lipinski definition) is 1. The minimum absolute atomic E-state index is 0.107. The molecule has 94 valence electrons. The van der Waals surface area contributed by atoms with Gasteiger partial charge in [-0.05, 0) is 37.4 Å². The average Bonchev–Trinajstić information content (AvgIpc) is 2.96. The molecule has 1 amide bonds. The topological polar surface area (TPSA) is 41.6 Å². The molecular formula is C12H18N2O2S. The van der Waals surface area contributed by atoms with Crippen molar-refractivity contribution in [2.24, 2.45) is 5.92 Å². The lowest BCUT2D eigenvalue weighted by atomic mass is 10.1. The van der Waals surface area contributed by atoms with Crippen molar-refractivity contribution in [3.05, 3.63) is 16.3 Å². The van der Waals surface area contributed by atoms with Crippen molar-refractivity contribution in [2.45, 2.75) is 6.42 Å². The Morgan fingerprint density at radius 2 is 2.53 bits per heavy atom. The standard InChI is InChI=1S/C12H18N2O2S/c1-13-7-9-3-5-14(8-9)12(15)11-10(16-2)4-6-17-11/h4,6,9,13H,3,5,7-8H2,1-2H3. The fourth-order valence-corrected chi connectivity index (χ4v) is 3.06. The first-order valence-electron chi connectivity index (χ1n) is 5.81. The van der Waals surface area contributed by atoms with Crippen LogP contribution >= 0.6 is 11.3 Å². The molecule has 1 aromatic heterocycles. The van der Waals surface area contributed by atoms with E-state index in [-0.39, 0.29) is 5.91 Å². The number of carbonyl (C=O) groups excluding carboxylic acids is 1. The van der Waals surface area contributed by atoms with Gasteiger partial charge in [-0.25, -0.2) is 0 Å². The molecule has 0 spiro atoms. The number of carbonyl (C=O) groups is 1. The fourth-order valence-electron chi connectivity index (χ4n) is 2.23. The van der Waals surface area contributed by atoms with Gasteiger partial charge in [-0.3, -0.25) is 4.79 Å². The minimum Gasteiger partial charge on any atom is -0.495 e. The number of amides is 1. The fraction of sp³-hybridized carbons (Fsp3) is 0.583. The van der Waals surface area contributed by atoms with Gasteiger partial charge < -0.3 is 15.0 Å². The molecule has 0 saturated carbocycles. The summed E-state index contributed by atoms with van der Waals surface area (Å²) in [7, 11) is 3.55. The molecule has 2 rings (SSSR count). The first-order valence-corrected chi connectivity index (χ1v) is 6.69. The Balaban J connectivity index is 2.02. The molecule has 1 fully saturated rings. The van der Waals surface area contributed by atoms with E-state index in [1.165, 1.54) is 11.3 Å². The average molecular weight is 254 g/mol. The summed E-state index contributed by atoms with van der Waals surface area (Å²) in [5, 5.41) is 5.06. The van der Waals surface area contributed by atoms with E-state index in [0.717, 1.165) is 30.9 Å². The maximum atomic E-state index is 12.3. The molecule has 0 radical (unpaired) electrons. The van der Waals surface area contributed by atoms with E-state index in [1.807, 2.05) is 23.4 Å². The van der Waals surface area contributed by atoms with Gasteiger partial charge in [0.25, 0.3) is 5.91 Å². The molecule has 17 heavy (non-hydrogen) atoms. The lowest BCUT2D eigenvalue weighted by Gasteiger charge is -2.16. The van der Waals surface area contributed by atoms with Crippen molar-refractivity contribution in [2.75, 3.05) is 33.8 Å². The summed E-state index contributed by atoms with van der Waals surface area (Å²) in [6, 6.07) is 1.85. The van der Waals surface area contributed by atoms with Gasteiger partial charge in [0.2, 0.25) is 0 Å². The van der Waals surface area contributed by atoms with Crippen molar-refractivity contribution in [1.29, 1.82) is 0 Å². The van der Waals surface area contributed by atoms with Crippen LogP contribution in [0.5, 0.6) is 5.75 Å². The summed E-state index contributed by atoms with van der Waals surface area (Å²) in [6.07, 6.45) is 1.08. The Kier molecular flexibility index (Phi) is 4.02. The Morgan fingerprint density at radius 3 is 3.24 bits per heavy atom. The SMILES string of the molecule is CNCC1CCN(C(=O)c2sccc2OC)C1. The van der Waals surface area contributed by atoms with E-state index in [4.69, 9.17) is 4.74 Å². The molecule has 0 bridgehead atoms. The number of methoxy groups -OCH3 is 1. The Labute approximate surface area is 106 Å². The van der Waals surface area contributed by atoms with E-state index >= 15 is 0 Å². The van der Waals surface area contributed by atoms with Crippen molar-refractivity contribution in [3.63, 3.8) is 0 Å². The number of rotatable bonds is 4. The van der Waals surface area contributed by atoms with Crippen LogP contribution in [0.4, 0.5) is 0 Å². The quantitative estimate of drug-likeness (QED) is 0.884. The molecule has 1 aliphatic rings. The first kappa shape index (κ1) is 12.4. The summed E-state index contributed by atoms with van der Waals surface area (Å²) in [6.45, 7) is 2.68. The lowest BCUT2D eigenvalue weighted by Crippen LogP contribution is -2.30. The number of hydrogen-bond acceptors (Lipinski definition) is 4. The predicted octanol–water partition coefficient (Wildman–Crippen LogP) is 1.44. The highest BCUT2D eigenvalue weighted by molar-refractivity contribution is 7.12. The van der Waals surface area contributed by atoms with E-state index in [9.17, 15) is 4.79 Å².